The van der Waals surface area contributed by atoms with E-state index in [2.05, 4.69) is 24.3 Å². The third-order valence-electron chi connectivity index (χ3n) is 4.24. The molecule has 0 unspecified atom stereocenters. The van der Waals surface area contributed by atoms with Gasteiger partial charge in [0.25, 0.3) is 5.91 Å². The third-order valence-corrected chi connectivity index (χ3v) is 4.46. The number of hydrogen-bond donors (Lipinski definition) is 2. The average Bonchev–Trinajstić information content (AvgIpc) is 2.84. The number of nitrogens with two attached hydrogens (primary N) is 1. The number of carbonyl (C=O) groups is 1. The molecule has 0 heterocycles. The molecule has 1 aliphatic carbocycles. The molecule has 4 nitrogen and oxygen atoms in total. The van der Waals surface area contributed by atoms with Crippen molar-refractivity contribution in [2.24, 2.45) is 0 Å². The first-order valence-corrected chi connectivity index (χ1v) is 7.32. The second-order valence-electron chi connectivity index (χ2n) is 5.78. The van der Waals surface area contributed by atoms with Crippen molar-refractivity contribution >= 4 is 23.2 Å². The number of nitrogens with zero attached hydrogens (tertiary/aromatic N) is 1. The van der Waals surface area contributed by atoms with E-state index in [1.807, 2.05) is 0 Å². The lowest BCUT2D eigenvalue weighted by molar-refractivity contribution is 0.0900. The Labute approximate surface area is 125 Å². The van der Waals surface area contributed by atoms with Crippen LogP contribution in [-0.4, -0.2) is 37.0 Å². The Hall–Kier alpha value is -1.26. The zero-order chi connectivity index (χ0) is 14.8. The highest BCUT2D eigenvalue weighted by Crippen LogP contribution is 2.33. The second kappa shape index (κ2) is 6.02. The second-order valence-corrected chi connectivity index (χ2v) is 6.22. The highest BCUT2D eigenvalue weighted by atomic mass is 35.5. The zero-order valence-electron chi connectivity index (χ0n) is 12.1. The molecule has 1 amide bonds. The fourth-order valence-electron chi connectivity index (χ4n) is 2.91. The molecule has 0 atom stereocenters. The first-order valence-electron chi connectivity index (χ1n) is 6.95. The smallest absolute Gasteiger partial charge is 0.251 e. The van der Waals surface area contributed by atoms with Crippen LogP contribution in [-0.2, 0) is 0 Å². The number of benzene rings is 1. The molecule has 2 rings (SSSR count). The minimum absolute atomic E-state index is 0.0831. The van der Waals surface area contributed by atoms with Crippen LogP contribution in [0.1, 0.15) is 36.0 Å². The summed E-state index contributed by atoms with van der Waals surface area (Å²) in [5.74, 6) is -0.118. The Kier molecular flexibility index (Phi) is 4.55. The van der Waals surface area contributed by atoms with Crippen molar-refractivity contribution < 1.29 is 4.79 Å². The van der Waals surface area contributed by atoms with Crippen molar-refractivity contribution in [3.05, 3.63) is 28.8 Å². The average molecular weight is 296 g/mol. The van der Waals surface area contributed by atoms with Gasteiger partial charge < -0.3 is 16.0 Å². The number of halogens is 1. The summed E-state index contributed by atoms with van der Waals surface area (Å²) in [4.78, 5) is 14.5. The minimum atomic E-state index is -0.118. The number of likely N-dealkylation sites (N-methyl/N-ethyl adjacent to an activating group) is 1. The Bertz CT molecular complexity index is 476. The molecule has 5 heteroatoms. The molecule has 0 aliphatic heterocycles. The highest BCUT2D eigenvalue weighted by Gasteiger charge is 2.36. The van der Waals surface area contributed by atoms with Crippen LogP contribution in [0.25, 0.3) is 0 Å². The summed E-state index contributed by atoms with van der Waals surface area (Å²) in [7, 11) is 4.16. The molecule has 0 spiro atoms. The highest BCUT2D eigenvalue weighted by molar-refractivity contribution is 6.31. The number of nitrogens with one attached hydrogen (secondary N) is 1. The molecule has 110 valence electrons. The fourth-order valence-corrected chi connectivity index (χ4v) is 3.15. The van der Waals surface area contributed by atoms with E-state index in [1.54, 1.807) is 18.2 Å². The predicted octanol–water partition coefficient (Wildman–Crippen LogP) is 2.53. The van der Waals surface area contributed by atoms with Gasteiger partial charge in [0, 0.05) is 28.4 Å². The van der Waals surface area contributed by atoms with Gasteiger partial charge in [-0.15, -0.1) is 0 Å². The maximum absolute atomic E-state index is 12.2. The number of hydrogen-bond acceptors (Lipinski definition) is 3. The Morgan fingerprint density at radius 1 is 1.35 bits per heavy atom. The number of nitrogen functional groups attached to an aromatic ring is 1. The zero-order valence-corrected chi connectivity index (χ0v) is 12.8. The van der Waals surface area contributed by atoms with Crippen LogP contribution in [0.4, 0.5) is 5.69 Å². The summed E-state index contributed by atoms with van der Waals surface area (Å²) in [5.41, 5.74) is 6.82. The lowest BCUT2D eigenvalue weighted by atomic mass is 9.96. The van der Waals surface area contributed by atoms with Crippen molar-refractivity contribution in [2.45, 2.75) is 31.2 Å². The number of rotatable bonds is 4. The summed E-state index contributed by atoms with van der Waals surface area (Å²) >= 11 is 5.93. The van der Waals surface area contributed by atoms with Gasteiger partial charge in [-0.2, -0.15) is 0 Å². The first kappa shape index (κ1) is 15.1. The van der Waals surface area contributed by atoms with Gasteiger partial charge in [-0.3, -0.25) is 4.79 Å². The lowest BCUT2D eigenvalue weighted by Crippen LogP contribution is -2.50. The quantitative estimate of drug-likeness (QED) is 0.839. The van der Waals surface area contributed by atoms with Crippen LogP contribution in [0.3, 0.4) is 0 Å². The van der Waals surface area contributed by atoms with Crippen molar-refractivity contribution in [3.63, 3.8) is 0 Å². The molecule has 1 aromatic rings. The standard InChI is InChI=1S/C15H22ClN3O/c1-19(2)15(5-3-4-6-15)10-18-14(20)11-7-12(16)9-13(17)8-11/h7-9H,3-6,10,17H2,1-2H3,(H,18,20). The van der Waals surface area contributed by atoms with Gasteiger partial charge in [0.2, 0.25) is 0 Å². The van der Waals surface area contributed by atoms with Gasteiger partial charge in [-0.25, -0.2) is 0 Å². The van der Waals surface area contributed by atoms with Crippen LogP contribution >= 0.6 is 11.6 Å². The van der Waals surface area contributed by atoms with E-state index in [0.29, 0.717) is 22.8 Å². The third kappa shape index (κ3) is 3.25. The summed E-state index contributed by atoms with van der Waals surface area (Å²) in [6.07, 6.45) is 4.69. The molecule has 0 bridgehead atoms. The lowest BCUT2D eigenvalue weighted by Gasteiger charge is -2.36. The van der Waals surface area contributed by atoms with Crippen LogP contribution in [0.15, 0.2) is 18.2 Å². The first-order chi connectivity index (χ1) is 9.43. The molecule has 1 fully saturated rings. The molecular weight excluding hydrogens is 274 g/mol. The van der Waals surface area contributed by atoms with E-state index in [4.69, 9.17) is 17.3 Å². The van der Waals surface area contributed by atoms with Gasteiger partial charge >= 0.3 is 0 Å². The van der Waals surface area contributed by atoms with Gasteiger partial charge in [-0.05, 0) is 45.1 Å². The van der Waals surface area contributed by atoms with Crippen LogP contribution in [0, 0.1) is 0 Å². The Morgan fingerprint density at radius 2 is 2.00 bits per heavy atom. The van der Waals surface area contributed by atoms with Gasteiger partial charge in [0.1, 0.15) is 0 Å². The maximum Gasteiger partial charge on any atom is 0.251 e. The summed E-state index contributed by atoms with van der Waals surface area (Å²) < 4.78 is 0. The molecule has 1 aliphatic rings. The van der Waals surface area contributed by atoms with E-state index in [9.17, 15) is 4.79 Å². The summed E-state index contributed by atoms with van der Waals surface area (Å²) in [6, 6.07) is 4.93. The molecular formula is C15H22ClN3O. The number of amides is 1. The van der Waals surface area contributed by atoms with Gasteiger partial charge in [0.05, 0.1) is 0 Å². The summed E-state index contributed by atoms with van der Waals surface area (Å²) in [6.45, 7) is 0.658. The van der Waals surface area contributed by atoms with Gasteiger partial charge in [0.15, 0.2) is 0 Å². The molecule has 3 N–H and O–H groups in total. The predicted molar refractivity (Wildman–Crippen MR) is 83.1 cm³/mol. The molecule has 1 aromatic carbocycles. The SMILES string of the molecule is CN(C)C1(CNC(=O)c2cc(N)cc(Cl)c2)CCCC1. The van der Waals surface area contributed by atoms with E-state index >= 15 is 0 Å². The minimum Gasteiger partial charge on any atom is -0.399 e. The number of anilines is 1. The molecule has 0 aromatic heterocycles. The van der Waals surface area contributed by atoms with Crippen molar-refractivity contribution in [1.29, 1.82) is 0 Å². The van der Waals surface area contributed by atoms with Crippen LogP contribution in [0.2, 0.25) is 5.02 Å². The Balaban J connectivity index is 2.04. The van der Waals surface area contributed by atoms with E-state index in [1.165, 1.54) is 12.8 Å². The van der Waals surface area contributed by atoms with E-state index in [-0.39, 0.29) is 11.4 Å². The van der Waals surface area contributed by atoms with Crippen molar-refractivity contribution in [2.75, 3.05) is 26.4 Å². The van der Waals surface area contributed by atoms with E-state index < -0.39 is 0 Å². The summed E-state index contributed by atoms with van der Waals surface area (Å²) in [5, 5.41) is 3.51. The molecule has 0 saturated heterocycles. The maximum atomic E-state index is 12.2. The Morgan fingerprint density at radius 3 is 2.55 bits per heavy atom. The largest absolute Gasteiger partial charge is 0.399 e. The molecule has 0 radical (unpaired) electrons. The van der Waals surface area contributed by atoms with Gasteiger partial charge in [-0.1, -0.05) is 24.4 Å². The van der Waals surface area contributed by atoms with Crippen molar-refractivity contribution in [3.8, 4) is 0 Å². The fraction of sp³-hybridized carbons (Fsp3) is 0.533. The van der Waals surface area contributed by atoms with Crippen molar-refractivity contribution in [1.82, 2.24) is 10.2 Å². The monoisotopic (exact) mass is 295 g/mol. The van der Waals surface area contributed by atoms with E-state index in [0.717, 1.165) is 12.8 Å². The molecule has 20 heavy (non-hydrogen) atoms. The molecule has 1 saturated carbocycles. The topological polar surface area (TPSA) is 58.4 Å². The number of carbonyl (C=O) groups excluding carboxylic acids is 1. The van der Waals surface area contributed by atoms with Crippen LogP contribution < -0.4 is 11.1 Å². The van der Waals surface area contributed by atoms with Crippen LogP contribution in [0.5, 0.6) is 0 Å². The normalized spacial score (nSPS) is 17.4.